The molecule has 0 atom stereocenters. The number of fused-ring (bicyclic) bond motifs is 3. The minimum Gasteiger partial charge on any atom is -0.254 e. The van der Waals surface area contributed by atoms with Crippen LogP contribution in [0, 0.1) is 0 Å². The van der Waals surface area contributed by atoms with Crippen LogP contribution in [0.4, 0.5) is 0 Å². The van der Waals surface area contributed by atoms with E-state index < -0.39 is 0 Å². The maximum atomic E-state index is 5.25. The number of aromatic nitrogens is 5. The zero-order valence-corrected chi connectivity index (χ0v) is 23.7. The lowest BCUT2D eigenvalue weighted by Crippen LogP contribution is -2.02. The highest BCUT2D eigenvalue weighted by Crippen LogP contribution is 2.37. The molecule has 0 unspecified atom stereocenters. The van der Waals surface area contributed by atoms with Crippen molar-refractivity contribution < 1.29 is 0 Å². The first-order valence-electron chi connectivity index (χ1n) is 14.5. The van der Waals surface area contributed by atoms with Crippen LogP contribution in [0.3, 0.4) is 0 Å². The fraction of sp³-hybridized carbons (Fsp3) is 0. The third kappa shape index (κ3) is 4.67. The summed E-state index contributed by atoms with van der Waals surface area (Å²) in [5.41, 5.74) is 8.51. The fourth-order valence-electron chi connectivity index (χ4n) is 5.67. The predicted molar refractivity (Wildman–Crippen MR) is 178 cm³/mol. The molecule has 0 saturated carbocycles. The lowest BCUT2D eigenvalue weighted by atomic mass is 9.96. The lowest BCUT2D eigenvalue weighted by Gasteiger charge is -2.14. The van der Waals surface area contributed by atoms with Gasteiger partial charge in [-0.25, -0.2) is 19.9 Å². The molecule has 5 aromatic carbocycles. The number of rotatable bonds is 5. The Morgan fingerprint density at radius 3 is 1.34 bits per heavy atom. The topological polar surface area (TPSA) is 64.5 Å². The zero-order valence-electron chi connectivity index (χ0n) is 23.7. The van der Waals surface area contributed by atoms with Gasteiger partial charge in [-0.1, -0.05) is 133 Å². The molecule has 0 radical (unpaired) electrons. The van der Waals surface area contributed by atoms with Gasteiger partial charge in [0.25, 0.3) is 0 Å². The average molecular weight is 564 g/mol. The second-order valence-electron chi connectivity index (χ2n) is 10.5. The molecule has 0 aliphatic carbocycles. The standard InChI is InChI=1S/C39H25N5/c1-5-13-26(14-6-1)30-23-24-40-35-31(30)21-22-32-33(27-15-7-2-8-16-27)25-34(41-36(32)35)39-43-37(28-17-9-3-10-18-28)42-38(44-39)29-19-11-4-12-20-29/h1-25H. The van der Waals surface area contributed by atoms with Gasteiger partial charge in [0.2, 0.25) is 0 Å². The third-order valence-electron chi connectivity index (χ3n) is 7.79. The molecule has 5 heteroatoms. The van der Waals surface area contributed by atoms with E-state index in [2.05, 4.69) is 72.8 Å². The van der Waals surface area contributed by atoms with Gasteiger partial charge in [-0.15, -0.1) is 0 Å². The molecule has 3 heterocycles. The van der Waals surface area contributed by atoms with Crippen LogP contribution in [0.1, 0.15) is 0 Å². The first-order chi connectivity index (χ1) is 21.8. The highest BCUT2D eigenvalue weighted by atomic mass is 15.0. The van der Waals surface area contributed by atoms with Crippen molar-refractivity contribution >= 4 is 21.8 Å². The van der Waals surface area contributed by atoms with Gasteiger partial charge in [0, 0.05) is 28.1 Å². The number of hydrogen-bond acceptors (Lipinski definition) is 5. The molecule has 0 amide bonds. The largest absolute Gasteiger partial charge is 0.254 e. The van der Waals surface area contributed by atoms with Crippen molar-refractivity contribution in [1.82, 2.24) is 24.9 Å². The molecule has 0 bridgehead atoms. The summed E-state index contributed by atoms with van der Waals surface area (Å²) in [4.78, 5) is 25.0. The van der Waals surface area contributed by atoms with E-state index in [9.17, 15) is 0 Å². The number of pyridine rings is 2. The van der Waals surface area contributed by atoms with Gasteiger partial charge in [-0.3, -0.25) is 4.98 Å². The summed E-state index contributed by atoms with van der Waals surface area (Å²) < 4.78 is 0. The van der Waals surface area contributed by atoms with Crippen molar-refractivity contribution in [3.63, 3.8) is 0 Å². The number of nitrogens with zero attached hydrogens (tertiary/aromatic N) is 5. The molecule has 0 aliphatic rings. The Morgan fingerprint density at radius 2 is 0.795 bits per heavy atom. The molecule has 8 aromatic rings. The van der Waals surface area contributed by atoms with Crippen molar-refractivity contribution in [1.29, 1.82) is 0 Å². The van der Waals surface area contributed by atoms with Crippen LogP contribution < -0.4 is 0 Å². The van der Waals surface area contributed by atoms with Crippen LogP contribution in [-0.2, 0) is 0 Å². The summed E-state index contributed by atoms with van der Waals surface area (Å²) >= 11 is 0. The van der Waals surface area contributed by atoms with Gasteiger partial charge in [-0.05, 0) is 34.4 Å². The molecular formula is C39H25N5. The first kappa shape index (κ1) is 25.6. The van der Waals surface area contributed by atoms with Crippen molar-refractivity contribution in [2.75, 3.05) is 0 Å². The summed E-state index contributed by atoms with van der Waals surface area (Å²) in [6, 6.07) is 49.2. The summed E-state index contributed by atoms with van der Waals surface area (Å²) in [6.45, 7) is 0. The first-order valence-corrected chi connectivity index (χ1v) is 14.5. The van der Waals surface area contributed by atoms with Crippen LogP contribution >= 0.6 is 0 Å². The summed E-state index contributed by atoms with van der Waals surface area (Å²) in [7, 11) is 0. The van der Waals surface area contributed by atoms with E-state index in [0.29, 0.717) is 23.2 Å². The van der Waals surface area contributed by atoms with Crippen molar-refractivity contribution in [2.45, 2.75) is 0 Å². The van der Waals surface area contributed by atoms with Gasteiger partial charge in [0.1, 0.15) is 5.69 Å². The second kappa shape index (κ2) is 11.0. The minimum atomic E-state index is 0.507. The summed E-state index contributed by atoms with van der Waals surface area (Å²) in [5.74, 6) is 1.70. The summed E-state index contributed by atoms with van der Waals surface area (Å²) in [5, 5.41) is 2.06. The van der Waals surface area contributed by atoms with E-state index in [1.807, 2.05) is 79.0 Å². The highest BCUT2D eigenvalue weighted by Gasteiger charge is 2.18. The van der Waals surface area contributed by atoms with E-state index in [4.69, 9.17) is 24.9 Å². The second-order valence-corrected chi connectivity index (χ2v) is 10.5. The molecule has 206 valence electrons. The van der Waals surface area contributed by atoms with Gasteiger partial charge in [0.05, 0.1) is 11.0 Å². The molecule has 0 saturated heterocycles. The quantitative estimate of drug-likeness (QED) is 0.195. The Kier molecular flexibility index (Phi) is 6.39. The molecule has 8 rings (SSSR count). The van der Waals surface area contributed by atoms with Gasteiger partial charge in [0.15, 0.2) is 17.5 Å². The Morgan fingerprint density at radius 1 is 0.341 bits per heavy atom. The van der Waals surface area contributed by atoms with E-state index in [-0.39, 0.29) is 0 Å². The van der Waals surface area contributed by atoms with E-state index in [1.165, 1.54) is 0 Å². The Balaban J connectivity index is 1.43. The van der Waals surface area contributed by atoms with Crippen LogP contribution in [0.2, 0.25) is 0 Å². The predicted octanol–water partition coefficient (Wildman–Crippen LogP) is 9.30. The molecule has 0 spiro atoms. The van der Waals surface area contributed by atoms with Crippen molar-refractivity contribution in [3.8, 4) is 56.5 Å². The van der Waals surface area contributed by atoms with Crippen LogP contribution in [0.25, 0.3) is 78.4 Å². The molecule has 3 aromatic heterocycles. The molecule has 0 fully saturated rings. The molecule has 0 N–H and O–H groups in total. The maximum Gasteiger partial charge on any atom is 0.182 e. The van der Waals surface area contributed by atoms with Crippen LogP contribution in [0.15, 0.2) is 152 Å². The molecule has 5 nitrogen and oxygen atoms in total. The molecular weight excluding hydrogens is 538 g/mol. The summed E-state index contributed by atoms with van der Waals surface area (Å²) in [6.07, 6.45) is 1.87. The lowest BCUT2D eigenvalue weighted by molar-refractivity contribution is 1.06. The van der Waals surface area contributed by atoms with Crippen molar-refractivity contribution in [2.24, 2.45) is 0 Å². The average Bonchev–Trinajstić information content (AvgIpc) is 3.12. The highest BCUT2D eigenvalue weighted by molar-refractivity contribution is 6.12. The fourth-order valence-corrected chi connectivity index (χ4v) is 5.67. The SMILES string of the molecule is c1ccc(-c2nc(-c3ccccc3)nc(-c3cc(-c4ccccc4)c4ccc5c(-c6ccccc6)ccnc5c4n3)n2)cc1. The van der Waals surface area contributed by atoms with Gasteiger partial charge < -0.3 is 0 Å². The Labute approximate surface area is 254 Å². The van der Waals surface area contributed by atoms with E-state index >= 15 is 0 Å². The molecule has 44 heavy (non-hydrogen) atoms. The number of hydrogen-bond donors (Lipinski definition) is 0. The zero-order chi connectivity index (χ0) is 29.3. The smallest absolute Gasteiger partial charge is 0.182 e. The van der Waals surface area contributed by atoms with Gasteiger partial charge in [-0.2, -0.15) is 0 Å². The van der Waals surface area contributed by atoms with Crippen LogP contribution in [0.5, 0.6) is 0 Å². The number of benzene rings is 5. The van der Waals surface area contributed by atoms with Crippen LogP contribution in [-0.4, -0.2) is 24.9 Å². The van der Waals surface area contributed by atoms with E-state index in [1.54, 1.807) is 0 Å². The minimum absolute atomic E-state index is 0.507. The van der Waals surface area contributed by atoms with Gasteiger partial charge >= 0.3 is 0 Å². The maximum absolute atomic E-state index is 5.25. The third-order valence-corrected chi connectivity index (χ3v) is 7.79. The van der Waals surface area contributed by atoms with E-state index in [0.717, 1.165) is 55.2 Å². The normalized spacial score (nSPS) is 11.2. The monoisotopic (exact) mass is 563 g/mol. The molecule has 0 aliphatic heterocycles. The Bertz CT molecular complexity index is 2200. The van der Waals surface area contributed by atoms with Crippen molar-refractivity contribution in [3.05, 3.63) is 152 Å². The Hall–Kier alpha value is -6.07.